The number of ketones is 1. The van der Waals surface area contributed by atoms with Crippen LogP contribution in [-0.2, 0) is 19.1 Å². The molecular weight excluding hydrogens is 356 g/mol. The summed E-state index contributed by atoms with van der Waals surface area (Å²) in [5.41, 5.74) is 0.223. The summed E-state index contributed by atoms with van der Waals surface area (Å²) in [4.78, 5) is 35.1. The third-order valence-electron chi connectivity index (χ3n) is 9.17. The molecule has 4 rings (SSSR count). The molecule has 1 N–H and O–H groups in total. The van der Waals surface area contributed by atoms with Gasteiger partial charge in [-0.2, -0.15) is 0 Å². The van der Waals surface area contributed by atoms with E-state index >= 15 is 0 Å². The lowest BCUT2D eigenvalue weighted by Gasteiger charge is -2.60. The SMILES string of the molecule is C[C@]12CC[C@@H](OC(=O)CCC(=O)O)C[C@H]1CC[C@@H]1[C@@H]2CC[C@]2(C)C(=O)CC[C@@H]12. The third kappa shape index (κ3) is 3.19. The summed E-state index contributed by atoms with van der Waals surface area (Å²) in [6, 6.07) is 0. The molecule has 0 saturated heterocycles. The highest BCUT2D eigenvalue weighted by Crippen LogP contribution is 2.65. The second-order valence-corrected chi connectivity index (χ2v) is 10.4. The van der Waals surface area contributed by atoms with E-state index < -0.39 is 5.97 Å². The molecule has 0 aliphatic heterocycles. The number of fused-ring (bicyclic) bond motifs is 5. The fourth-order valence-corrected chi connectivity index (χ4v) is 7.55. The molecule has 0 aromatic heterocycles. The summed E-state index contributed by atoms with van der Waals surface area (Å²) < 4.78 is 5.62. The minimum absolute atomic E-state index is 0.0350. The van der Waals surface area contributed by atoms with E-state index in [-0.39, 0.29) is 30.3 Å². The Morgan fingerprint density at radius 1 is 1.04 bits per heavy atom. The van der Waals surface area contributed by atoms with Crippen LogP contribution in [0, 0.1) is 34.5 Å². The van der Waals surface area contributed by atoms with E-state index in [0.29, 0.717) is 34.9 Å². The number of carbonyl (C=O) groups is 3. The van der Waals surface area contributed by atoms with Gasteiger partial charge in [-0.3, -0.25) is 14.4 Å². The Hall–Kier alpha value is -1.39. The standard InChI is InChI=1S/C23H34O5/c1-22-11-9-15(28-21(27)8-7-20(25)26)13-14(22)3-4-16-17-5-6-19(24)23(17,2)12-10-18(16)22/h14-18H,3-13H2,1-2H3,(H,25,26)/t14-,15-,16+,17+,18+,22+,23+/m1/s1. The molecule has 5 heteroatoms. The van der Waals surface area contributed by atoms with Gasteiger partial charge in [0.25, 0.3) is 0 Å². The van der Waals surface area contributed by atoms with E-state index in [1.54, 1.807) is 0 Å². The Morgan fingerprint density at radius 2 is 1.82 bits per heavy atom. The van der Waals surface area contributed by atoms with Gasteiger partial charge in [-0.15, -0.1) is 0 Å². The Bertz CT molecular complexity index is 672. The minimum atomic E-state index is -0.957. The molecule has 0 amide bonds. The number of esters is 1. The van der Waals surface area contributed by atoms with Gasteiger partial charge in [0.2, 0.25) is 0 Å². The molecule has 0 radical (unpaired) electrons. The van der Waals surface area contributed by atoms with Crippen molar-refractivity contribution in [2.45, 2.75) is 90.6 Å². The van der Waals surface area contributed by atoms with Crippen molar-refractivity contribution in [2.24, 2.45) is 34.5 Å². The normalized spacial score (nSPS) is 44.9. The van der Waals surface area contributed by atoms with Crippen LogP contribution in [0.5, 0.6) is 0 Å². The van der Waals surface area contributed by atoms with Gasteiger partial charge in [0.15, 0.2) is 0 Å². The average molecular weight is 391 g/mol. The summed E-state index contributed by atoms with van der Waals surface area (Å²) in [6.07, 6.45) is 9.08. The lowest BCUT2D eigenvalue weighted by molar-refractivity contribution is -0.163. The molecule has 0 aromatic carbocycles. The van der Waals surface area contributed by atoms with Crippen molar-refractivity contribution in [3.63, 3.8) is 0 Å². The molecule has 0 spiro atoms. The fourth-order valence-electron chi connectivity index (χ4n) is 7.55. The first-order chi connectivity index (χ1) is 13.2. The third-order valence-corrected chi connectivity index (χ3v) is 9.17. The largest absolute Gasteiger partial charge is 0.481 e. The lowest BCUT2D eigenvalue weighted by Crippen LogP contribution is -2.54. The van der Waals surface area contributed by atoms with E-state index in [0.717, 1.165) is 38.5 Å². The van der Waals surface area contributed by atoms with Crippen LogP contribution in [0.4, 0.5) is 0 Å². The first-order valence-electron chi connectivity index (χ1n) is 11.2. The summed E-state index contributed by atoms with van der Waals surface area (Å²) >= 11 is 0. The van der Waals surface area contributed by atoms with Crippen molar-refractivity contribution in [3.05, 3.63) is 0 Å². The minimum Gasteiger partial charge on any atom is -0.481 e. The Morgan fingerprint density at radius 3 is 2.57 bits per heavy atom. The van der Waals surface area contributed by atoms with Gasteiger partial charge in [-0.1, -0.05) is 13.8 Å². The molecule has 156 valence electrons. The molecule has 4 saturated carbocycles. The molecule has 4 fully saturated rings. The van der Waals surface area contributed by atoms with Crippen molar-refractivity contribution in [1.29, 1.82) is 0 Å². The van der Waals surface area contributed by atoms with Crippen molar-refractivity contribution in [2.75, 3.05) is 0 Å². The van der Waals surface area contributed by atoms with Crippen molar-refractivity contribution >= 4 is 17.7 Å². The number of Topliss-reactive ketones (excluding diaryl/α,β-unsaturated/α-hetero) is 1. The first kappa shape index (κ1) is 19.9. The molecule has 0 heterocycles. The molecule has 7 atom stereocenters. The van der Waals surface area contributed by atoms with Crippen LogP contribution in [0.25, 0.3) is 0 Å². The fraction of sp³-hybridized carbons (Fsp3) is 0.870. The molecule has 5 nitrogen and oxygen atoms in total. The zero-order chi connectivity index (χ0) is 20.1. The van der Waals surface area contributed by atoms with Gasteiger partial charge >= 0.3 is 11.9 Å². The number of hydrogen-bond donors (Lipinski definition) is 1. The molecule has 0 aromatic rings. The van der Waals surface area contributed by atoms with E-state index in [1.165, 1.54) is 19.3 Å². The zero-order valence-corrected chi connectivity index (χ0v) is 17.2. The summed E-state index contributed by atoms with van der Waals surface area (Å²) in [5.74, 6) is 1.69. The smallest absolute Gasteiger partial charge is 0.306 e. The first-order valence-corrected chi connectivity index (χ1v) is 11.2. The number of aliphatic carboxylic acids is 1. The van der Waals surface area contributed by atoms with Crippen LogP contribution in [0.1, 0.15) is 84.5 Å². The summed E-state index contributed by atoms with van der Waals surface area (Å²) in [7, 11) is 0. The number of carbonyl (C=O) groups excluding carboxylic acids is 2. The van der Waals surface area contributed by atoms with Crippen LogP contribution in [0.3, 0.4) is 0 Å². The molecule has 28 heavy (non-hydrogen) atoms. The highest BCUT2D eigenvalue weighted by atomic mass is 16.5. The number of rotatable bonds is 4. The van der Waals surface area contributed by atoms with Gasteiger partial charge in [0.1, 0.15) is 11.9 Å². The predicted octanol–water partition coefficient (Wildman–Crippen LogP) is 4.37. The topological polar surface area (TPSA) is 80.7 Å². The average Bonchev–Trinajstić information content (AvgIpc) is 2.95. The Balaban J connectivity index is 1.41. The monoisotopic (exact) mass is 390 g/mol. The lowest BCUT2D eigenvalue weighted by atomic mass is 9.45. The molecule has 4 aliphatic rings. The van der Waals surface area contributed by atoms with Crippen molar-refractivity contribution < 1.29 is 24.2 Å². The molecular formula is C23H34O5. The van der Waals surface area contributed by atoms with E-state index in [4.69, 9.17) is 9.84 Å². The second kappa shape index (κ2) is 7.14. The molecule has 4 aliphatic carbocycles. The van der Waals surface area contributed by atoms with Gasteiger partial charge in [-0.25, -0.2) is 0 Å². The van der Waals surface area contributed by atoms with Crippen LogP contribution < -0.4 is 0 Å². The molecule has 0 bridgehead atoms. The highest BCUT2D eigenvalue weighted by Gasteiger charge is 2.60. The van der Waals surface area contributed by atoms with Gasteiger partial charge < -0.3 is 9.84 Å². The van der Waals surface area contributed by atoms with Crippen LogP contribution in [0.2, 0.25) is 0 Å². The Kier molecular flexibility index (Phi) is 5.08. The van der Waals surface area contributed by atoms with Crippen LogP contribution in [0.15, 0.2) is 0 Å². The maximum Gasteiger partial charge on any atom is 0.306 e. The predicted molar refractivity (Wildman–Crippen MR) is 103 cm³/mol. The van der Waals surface area contributed by atoms with E-state index in [1.807, 2.05) is 0 Å². The van der Waals surface area contributed by atoms with E-state index in [9.17, 15) is 14.4 Å². The van der Waals surface area contributed by atoms with Gasteiger partial charge in [0, 0.05) is 11.8 Å². The second-order valence-electron chi connectivity index (χ2n) is 10.4. The maximum absolute atomic E-state index is 12.5. The number of ether oxygens (including phenoxy) is 1. The quantitative estimate of drug-likeness (QED) is 0.721. The van der Waals surface area contributed by atoms with Crippen LogP contribution in [-0.4, -0.2) is 28.9 Å². The van der Waals surface area contributed by atoms with Crippen molar-refractivity contribution in [1.82, 2.24) is 0 Å². The van der Waals surface area contributed by atoms with E-state index in [2.05, 4.69) is 13.8 Å². The Labute approximate surface area is 167 Å². The number of hydrogen-bond acceptors (Lipinski definition) is 4. The van der Waals surface area contributed by atoms with Crippen LogP contribution >= 0.6 is 0 Å². The van der Waals surface area contributed by atoms with Gasteiger partial charge in [0.05, 0.1) is 12.8 Å². The van der Waals surface area contributed by atoms with Gasteiger partial charge in [-0.05, 0) is 80.5 Å². The summed E-state index contributed by atoms with van der Waals surface area (Å²) in [6.45, 7) is 4.68. The zero-order valence-electron chi connectivity index (χ0n) is 17.2. The number of carboxylic acids is 1. The number of carboxylic acid groups (broad SMARTS) is 1. The van der Waals surface area contributed by atoms with Crippen molar-refractivity contribution in [3.8, 4) is 0 Å². The highest BCUT2D eigenvalue weighted by molar-refractivity contribution is 5.87. The summed E-state index contributed by atoms with van der Waals surface area (Å²) in [5, 5.41) is 8.74. The maximum atomic E-state index is 12.5. The molecule has 0 unspecified atom stereocenters.